The van der Waals surface area contributed by atoms with Crippen molar-refractivity contribution in [1.82, 2.24) is 5.32 Å². The van der Waals surface area contributed by atoms with Crippen LogP contribution >= 0.6 is 11.3 Å². The van der Waals surface area contributed by atoms with Gasteiger partial charge in [0.2, 0.25) is 0 Å². The molecule has 0 spiro atoms. The van der Waals surface area contributed by atoms with Gasteiger partial charge in [-0.25, -0.2) is 4.39 Å². The van der Waals surface area contributed by atoms with Crippen molar-refractivity contribution in [3.05, 3.63) is 57.5 Å². The van der Waals surface area contributed by atoms with E-state index < -0.39 is 5.54 Å². The summed E-state index contributed by atoms with van der Waals surface area (Å²) in [6.07, 6.45) is 1.25. The Kier molecular flexibility index (Phi) is 3.09. The first kappa shape index (κ1) is 12.3. The van der Waals surface area contributed by atoms with Crippen molar-refractivity contribution in [3.63, 3.8) is 0 Å². The monoisotopic (exact) mass is 272 g/mol. The van der Waals surface area contributed by atoms with Crippen LogP contribution in [0.5, 0.6) is 0 Å². The molecule has 1 N–H and O–H groups in total. The minimum Gasteiger partial charge on any atom is -0.291 e. The van der Waals surface area contributed by atoms with Crippen LogP contribution in [0, 0.1) is 17.1 Å². The SMILES string of the molecule is N#CC1(NCc2cccs2)CCc2c(F)cccc21. The molecule has 1 atom stereocenters. The van der Waals surface area contributed by atoms with Crippen molar-refractivity contribution in [1.29, 1.82) is 5.26 Å². The van der Waals surface area contributed by atoms with E-state index in [0.717, 1.165) is 5.56 Å². The van der Waals surface area contributed by atoms with Gasteiger partial charge in [0.05, 0.1) is 6.07 Å². The van der Waals surface area contributed by atoms with Crippen LogP contribution in [0.4, 0.5) is 4.39 Å². The van der Waals surface area contributed by atoms with E-state index in [0.29, 0.717) is 24.9 Å². The molecule has 4 heteroatoms. The van der Waals surface area contributed by atoms with Crippen LogP contribution in [0.15, 0.2) is 35.7 Å². The summed E-state index contributed by atoms with van der Waals surface area (Å²) in [5.41, 5.74) is 0.732. The molecule has 19 heavy (non-hydrogen) atoms. The number of nitriles is 1. The highest BCUT2D eigenvalue weighted by Gasteiger charge is 2.39. The molecule has 1 heterocycles. The first-order chi connectivity index (χ1) is 9.25. The summed E-state index contributed by atoms with van der Waals surface area (Å²) in [4.78, 5) is 1.18. The maximum absolute atomic E-state index is 13.7. The van der Waals surface area contributed by atoms with Crippen molar-refractivity contribution in [2.24, 2.45) is 0 Å². The summed E-state index contributed by atoms with van der Waals surface area (Å²) < 4.78 is 13.7. The zero-order valence-electron chi connectivity index (χ0n) is 10.3. The number of fused-ring (bicyclic) bond motifs is 1. The Hall–Kier alpha value is -1.70. The van der Waals surface area contributed by atoms with Gasteiger partial charge >= 0.3 is 0 Å². The first-order valence-electron chi connectivity index (χ1n) is 6.22. The molecule has 1 aliphatic carbocycles. The molecule has 0 fully saturated rings. The second-order valence-corrected chi connectivity index (χ2v) is 5.75. The van der Waals surface area contributed by atoms with E-state index in [1.165, 1.54) is 10.9 Å². The summed E-state index contributed by atoms with van der Waals surface area (Å²) in [5.74, 6) is -0.201. The molecule has 2 nitrogen and oxygen atoms in total. The maximum Gasteiger partial charge on any atom is 0.133 e. The van der Waals surface area contributed by atoms with E-state index in [4.69, 9.17) is 0 Å². The lowest BCUT2D eigenvalue weighted by Gasteiger charge is -2.23. The Morgan fingerprint density at radius 3 is 3.00 bits per heavy atom. The lowest BCUT2D eigenvalue weighted by Crippen LogP contribution is -2.38. The number of rotatable bonds is 3. The molecular formula is C15H13FN2S. The fourth-order valence-corrected chi connectivity index (χ4v) is 3.29. The normalized spacial score (nSPS) is 21.1. The average Bonchev–Trinajstić information content (AvgIpc) is 3.05. The van der Waals surface area contributed by atoms with Gasteiger partial charge < -0.3 is 0 Å². The predicted molar refractivity (Wildman–Crippen MR) is 73.2 cm³/mol. The molecule has 0 saturated heterocycles. The van der Waals surface area contributed by atoms with Crippen molar-refractivity contribution in [2.45, 2.75) is 24.9 Å². The Bertz CT molecular complexity index is 630. The number of thiophene rings is 1. The van der Waals surface area contributed by atoms with E-state index in [2.05, 4.69) is 11.4 Å². The molecular weight excluding hydrogens is 259 g/mol. The summed E-state index contributed by atoms with van der Waals surface area (Å²) in [6.45, 7) is 0.640. The van der Waals surface area contributed by atoms with Crippen LogP contribution < -0.4 is 5.32 Å². The smallest absolute Gasteiger partial charge is 0.133 e. The fourth-order valence-electron chi connectivity index (χ4n) is 2.65. The second-order valence-electron chi connectivity index (χ2n) is 4.72. The van der Waals surface area contributed by atoms with E-state index >= 15 is 0 Å². The van der Waals surface area contributed by atoms with Gasteiger partial charge in [-0.05, 0) is 41.5 Å². The minimum atomic E-state index is -0.749. The largest absolute Gasteiger partial charge is 0.291 e. The Balaban J connectivity index is 1.90. The zero-order valence-corrected chi connectivity index (χ0v) is 11.1. The van der Waals surface area contributed by atoms with Crippen LogP contribution in [0.3, 0.4) is 0 Å². The van der Waals surface area contributed by atoms with Crippen LogP contribution in [-0.4, -0.2) is 0 Å². The highest BCUT2D eigenvalue weighted by atomic mass is 32.1. The predicted octanol–water partition coefficient (Wildman–Crippen LogP) is 3.34. The number of hydrogen-bond acceptors (Lipinski definition) is 3. The van der Waals surface area contributed by atoms with Gasteiger partial charge in [0.15, 0.2) is 0 Å². The second kappa shape index (κ2) is 4.76. The van der Waals surface area contributed by atoms with Crippen molar-refractivity contribution >= 4 is 11.3 Å². The van der Waals surface area contributed by atoms with Crippen LogP contribution in [0.25, 0.3) is 0 Å². The fraction of sp³-hybridized carbons (Fsp3) is 0.267. The summed E-state index contributed by atoms with van der Waals surface area (Å²) in [7, 11) is 0. The summed E-state index contributed by atoms with van der Waals surface area (Å²) in [5, 5.41) is 14.9. The molecule has 1 aromatic heterocycles. The third-order valence-electron chi connectivity index (χ3n) is 3.66. The number of nitrogens with zero attached hydrogens (tertiary/aromatic N) is 1. The first-order valence-corrected chi connectivity index (χ1v) is 7.10. The van der Waals surface area contributed by atoms with Gasteiger partial charge in [-0.2, -0.15) is 5.26 Å². The molecule has 0 aliphatic heterocycles. The topological polar surface area (TPSA) is 35.8 Å². The van der Waals surface area contributed by atoms with Gasteiger partial charge in [-0.3, -0.25) is 5.32 Å². The molecule has 3 rings (SSSR count). The van der Waals surface area contributed by atoms with Crippen LogP contribution in [-0.2, 0) is 18.5 Å². The number of hydrogen-bond donors (Lipinski definition) is 1. The number of halogens is 1. The maximum atomic E-state index is 13.7. The Labute approximate surface area is 115 Å². The minimum absolute atomic E-state index is 0.201. The lowest BCUT2D eigenvalue weighted by molar-refractivity contribution is 0.425. The highest BCUT2D eigenvalue weighted by molar-refractivity contribution is 7.09. The number of benzene rings is 1. The molecule has 1 aromatic carbocycles. The van der Waals surface area contributed by atoms with Crippen molar-refractivity contribution in [3.8, 4) is 6.07 Å². The van der Waals surface area contributed by atoms with Crippen molar-refractivity contribution < 1.29 is 4.39 Å². The van der Waals surface area contributed by atoms with Gasteiger partial charge in [-0.1, -0.05) is 18.2 Å². The van der Waals surface area contributed by atoms with Gasteiger partial charge in [0.25, 0.3) is 0 Å². The lowest BCUT2D eigenvalue weighted by atomic mass is 9.93. The van der Waals surface area contributed by atoms with Crippen LogP contribution in [0.2, 0.25) is 0 Å². The third-order valence-corrected chi connectivity index (χ3v) is 4.54. The van der Waals surface area contributed by atoms with E-state index in [9.17, 15) is 9.65 Å². The van der Waals surface area contributed by atoms with E-state index in [1.54, 1.807) is 17.4 Å². The van der Waals surface area contributed by atoms with Crippen molar-refractivity contribution in [2.75, 3.05) is 0 Å². The number of nitrogens with one attached hydrogen (secondary N) is 1. The van der Waals surface area contributed by atoms with Gasteiger partial charge in [0.1, 0.15) is 11.4 Å². The van der Waals surface area contributed by atoms with Gasteiger partial charge in [0, 0.05) is 11.4 Å². The quantitative estimate of drug-likeness (QED) is 0.930. The standard InChI is InChI=1S/C15H13FN2S/c16-14-5-1-4-13-12(14)6-7-15(13,10-17)18-9-11-3-2-8-19-11/h1-5,8,18H,6-7,9H2. The van der Waals surface area contributed by atoms with E-state index in [1.807, 2.05) is 23.6 Å². The molecule has 2 aromatic rings. The zero-order chi connectivity index (χ0) is 13.3. The summed E-state index contributed by atoms with van der Waals surface area (Å²) >= 11 is 1.65. The Morgan fingerprint density at radius 2 is 2.26 bits per heavy atom. The molecule has 96 valence electrons. The molecule has 0 amide bonds. The molecule has 0 bridgehead atoms. The van der Waals surface area contributed by atoms with Crippen LogP contribution in [0.1, 0.15) is 22.4 Å². The summed E-state index contributed by atoms with van der Waals surface area (Å²) in [6, 6.07) is 11.4. The molecule has 0 radical (unpaired) electrons. The highest BCUT2D eigenvalue weighted by Crippen LogP contribution is 2.38. The Morgan fingerprint density at radius 1 is 1.37 bits per heavy atom. The molecule has 1 aliphatic rings. The molecule has 0 saturated carbocycles. The average molecular weight is 272 g/mol. The van der Waals surface area contributed by atoms with E-state index in [-0.39, 0.29) is 5.82 Å². The van der Waals surface area contributed by atoms with Gasteiger partial charge in [-0.15, -0.1) is 11.3 Å². The molecule has 1 unspecified atom stereocenters. The third kappa shape index (κ3) is 2.05.